The maximum absolute atomic E-state index is 13.1. The molecule has 0 unspecified atom stereocenters. The number of amides is 1. The molecule has 0 N–H and O–H groups in total. The molecule has 0 aliphatic carbocycles. The second-order valence-corrected chi connectivity index (χ2v) is 7.21. The molecule has 0 saturated carbocycles. The van der Waals surface area contributed by atoms with Gasteiger partial charge in [-0.05, 0) is 23.8 Å². The Morgan fingerprint density at radius 2 is 1.44 bits per heavy atom. The molecule has 0 bridgehead atoms. The largest absolute Gasteiger partial charge is 0.316 e. The number of carbonyl (C=O) groups is 2. The Bertz CT molecular complexity index is 1010. The molecule has 2 atom stereocenters. The lowest BCUT2D eigenvalue weighted by Gasteiger charge is -2.07. The van der Waals surface area contributed by atoms with Gasteiger partial charge in [0, 0.05) is 10.6 Å². The van der Waals surface area contributed by atoms with E-state index >= 15 is 0 Å². The number of halogens is 2. The van der Waals surface area contributed by atoms with Gasteiger partial charge in [-0.15, -0.1) is 0 Å². The van der Waals surface area contributed by atoms with Crippen LogP contribution in [0.3, 0.4) is 0 Å². The van der Waals surface area contributed by atoms with Crippen LogP contribution in [0.2, 0.25) is 10.0 Å². The summed E-state index contributed by atoms with van der Waals surface area (Å²) in [5.74, 6) is -0.359. The Hall–Kier alpha value is -2.62. The van der Waals surface area contributed by atoms with Crippen molar-refractivity contribution in [3.63, 3.8) is 0 Å². The Morgan fingerprint density at radius 1 is 0.815 bits per heavy atom. The molecule has 0 spiro atoms. The number of nitrogens with zero attached hydrogens (tertiary/aromatic N) is 1. The van der Waals surface area contributed by atoms with E-state index in [0.717, 1.165) is 5.56 Å². The van der Waals surface area contributed by atoms with Crippen LogP contribution in [0.4, 0.5) is 0 Å². The first kappa shape index (κ1) is 17.8. The first-order chi connectivity index (χ1) is 13.1. The summed E-state index contributed by atoms with van der Waals surface area (Å²) >= 11 is 12.2. The molecule has 4 rings (SSSR count). The number of rotatable bonds is 4. The zero-order valence-electron chi connectivity index (χ0n) is 14.2. The molecule has 3 aromatic carbocycles. The Labute approximate surface area is 167 Å². The Balaban J connectivity index is 1.70. The lowest BCUT2D eigenvalue weighted by molar-refractivity contribution is 0.0833. The summed E-state index contributed by atoms with van der Waals surface area (Å²) in [5.41, 5.74) is 1.84. The lowest BCUT2D eigenvalue weighted by Crippen LogP contribution is -2.19. The van der Waals surface area contributed by atoms with Gasteiger partial charge < -0.3 is 4.90 Å². The molecule has 1 aliphatic heterocycles. The number of hydrogen-bond donors (Lipinski definition) is 0. The topological polar surface area (TPSA) is 37.1 Å². The first-order valence-electron chi connectivity index (χ1n) is 8.50. The highest BCUT2D eigenvalue weighted by atomic mass is 35.5. The van der Waals surface area contributed by atoms with E-state index in [-0.39, 0.29) is 22.8 Å². The summed E-state index contributed by atoms with van der Waals surface area (Å²) in [4.78, 5) is 27.7. The summed E-state index contributed by atoms with van der Waals surface area (Å²) in [6.45, 7) is 0. The fourth-order valence-corrected chi connectivity index (χ4v) is 3.81. The zero-order chi connectivity index (χ0) is 19.0. The molecular weight excluding hydrogens is 381 g/mol. The molecule has 27 heavy (non-hydrogen) atoms. The molecule has 1 aliphatic rings. The van der Waals surface area contributed by atoms with Gasteiger partial charge in [0.05, 0.1) is 16.6 Å². The van der Waals surface area contributed by atoms with E-state index in [1.54, 1.807) is 29.2 Å². The van der Waals surface area contributed by atoms with Crippen LogP contribution in [0.1, 0.15) is 32.3 Å². The molecule has 0 radical (unpaired) electrons. The molecule has 134 valence electrons. The first-order valence-corrected chi connectivity index (χ1v) is 9.25. The van der Waals surface area contributed by atoms with Crippen molar-refractivity contribution in [3.8, 4) is 0 Å². The number of ketones is 1. The van der Waals surface area contributed by atoms with E-state index in [0.29, 0.717) is 16.1 Å². The zero-order valence-corrected chi connectivity index (χ0v) is 15.7. The summed E-state index contributed by atoms with van der Waals surface area (Å²) < 4.78 is 0. The van der Waals surface area contributed by atoms with Crippen LogP contribution in [-0.4, -0.2) is 22.6 Å². The van der Waals surface area contributed by atoms with Crippen LogP contribution in [0.5, 0.6) is 0 Å². The summed E-state index contributed by atoms with van der Waals surface area (Å²) in [6.07, 6.45) is 0. The normalized spacial score (nSPS) is 18.2. The van der Waals surface area contributed by atoms with Crippen LogP contribution in [0.25, 0.3) is 0 Å². The highest BCUT2D eigenvalue weighted by Crippen LogP contribution is 2.46. The fraction of sp³-hybridized carbons (Fsp3) is 0.0909. The highest BCUT2D eigenvalue weighted by Gasteiger charge is 2.56. The molecule has 0 aromatic heterocycles. The predicted molar refractivity (Wildman–Crippen MR) is 106 cm³/mol. The van der Waals surface area contributed by atoms with E-state index < -0.39 is 6.04 Å². The third-order valence-corrected chi connectivity index (χ3v) is 5.22. The van der Waals surface area contributed by atoms with Crippen LogP contribution in [-0.2, 0) is 0 Å². The van der Waals surface area contributed by atoms with Crippen LogP contribution < -0.4 is 0 Å². The summed E-state index contributed by atoms with van der Waals surface area (Å²) in [7, 11) is 0. The van der Waals surface area contributed by atoms with Crippen molar-refractivity contribution in [2.45, 2.75) is 12.1 Å². The van der Waals surface area contributed by atoms with Crippen molar-refractivity contribution in [1.29, 1.82) is 0 Å². The van der Waals surface area contributed by atoms with Crippen molar-refractivity contribution in [3.05, 3.63) is 106 Å². The number of carbonyl (C=O) groups excluding carboxylic acids is 2. The van der Waals surface area contributed by atoms with Gasteiger partial charge in [-0.3, -0.25) is 9.59 Å². The quantitative estimate of drug-likeness (QED) is 0.435. The molecule has 3 aromatic rings. The monoisotopic (exact) mass is 395 g/mol. The van der Waals surface area contributed by atoms with Crippen molar-refractivity contribution in [2.75, 3.05) is 0 Å². The summed E-state index contributed by atoms with van der Waals surface area (Å²) in [5, 5.41) is 0.732. The third-order valence-electron chi connectivity index (χ3n) is 4.67. The van der Waals surface area contributed by atoms with Crippen LogP contribution >= 0.6 is 23.2 Å². The van der Waals surface area contributed by atoms with Crippen molar-refractivity contribution in [1.82, 2.24) is 4.90 Å². The van der Waals surface area contributed by atoms with Gasteiger partial charge in [-0.25, -0.2) is 0 Å². The van der Waals surface area contributed by atoms with E-state index in [1.165, 1.54) is 6.07 Å². The number of hydrogen-bond acceptors (Lipinski definition) is 2. The maximum atomic E-state index is 13.1. The van der Waals surface area contributed by atoms with Gasteiger partial charge in [0.2, 0.25) is 0 Å². The second kappa shape index (κ2) is 7.18. The highest BCUT2D eigenvalue weighted by molar-refractivity contribution is 6.36. The van der Waals surface area contributed by atoms with E-state index in [1.807, 2.05) is 48.5 Å². The molecule has 5 heteroatoms. The predicted octanol–water partition coefficient (Wildman–Crippen LogP) is 5.44. The molecule has 1 heterocycles. The molecular formula is C22H15Cl2NO2. The molecule has 1 amide bonds. The van der Waals surface area contributed by atoms with Crippen LogP contribution in [0, 0.1) is 0 Å². The van der Waals surface area contributed by atoms with E-state index in [9.17, 15) is 9.59 Å². The van der Waals surface area contributed by atoms with E-state index in [2.05, 4.69) is 0 Å². The smallest absolute Gasteiger partial charge is 0.256 e. The minimum Gasteiger partial charge on any atom is -0.316 e. The fourth-order valence-electron chi connectivity index (χ4n) is 3.32. The molecule has 1 fully saturated rings. The minimum absolute atomic E-state index is 0.0807. The van der Waals surface area contributed by atoms with Gasteiger partial charge in [-0.2, -0.15) is 0 Å². The number of Topliss-reactive ketones (excluding diaryl/α,β-unsaturated/α-hetero) is 1. The van der Waals surface area contributed by atoms with Crippen LogP contribution in [0.15, 0.2) is 78.9 Å². The lowest BCUT2D eigenvalue weighted by atomic mass is 10.0. The number of benzene rings is 3. The van der Waals surface area contributed by atoms with Crippen molar-refractivity contribution >= 4 is 34.9 Å². The average molecular weight is 396 g/mol. The van der Waals surface area contributed by atoms with Gasteiger partial charge in [0.1, 0.15) is 6.04 Å². The van der Waals surface area contributed by atoms with Crippen molar-refractivity contribution < 1.29 is 9.59 Å². The van der Waals surface area contributed by atoms with Gasteiger partial charge >= 0.3 is 0 Å². The molecule has 1 saturated heterocycles. The third kappa shape index (κ3) is 3.36. The van der Waals surface area contributed by atoms with E-state index in [4.69, 9.17) is 23.2 Å². The SMILES string of the molecule is O=C(c1ccccc1)[C@H]1[C@H](c2ccccc2)N1C(=O)c1ccc(Cl)cc1Cl. The van der Waals surface area contributed by atoms with Gasteiger partial charge in [-0.1, -0.05) is 83.9 Å². The molecule has 3 nitrogen and oxygen atoms in total. The standard InChI is InChI=1S/C22H15Cl2NO2/c23-16-11-12-17(18(24)13-16)22(27)25-19(14-7-3-1-4-8-14)20(25)21(26)15-9-5-2-6-10-15/h1-13,19-20H/t19-,20+,25?/m0/s1. The Morgan fingerprint density at radius 3 is 2.07 bits per heavy atom. The summed E-state index contributed by atoms with van der Waals surface area (Å²) in [6, 6.07) is 22.5. The second-order valence-electron chi connectivity index (χ2n) is 6.37. The van der Waals surface area contributed by atoms with Gasteiger partial charge in [0.25, 0.3) is 5.91 Å². The minimum atomic E-state index is -0.547. The maximum Gasteiger partial charge on any atom is 0.256 e. The Kier molecular flexibility index (Phi) is 4.73. The van der Waals surface area contributed by atoms with Gasteiger partial charge in [0.15, 0.2) is 5.78 Å². The average Bonchev–Trinajstić information content (AvgIpc) is 3.44. The van der Waals surface area contributed by atoms with Crippen molar-refractivity contribution in [2.24, 2.45) is 0 Å².